The van der Waals surface area contributed by atoms with E-state index in [4.69, 9.17) is 9.47 Å². The largest absolute Gasteiger partial charge is 0.586 e. The second-order valence-electron chi connectivity index (χ2n) is 9.77. The molecule has 0 aliphatic carbocycles. The fourth-order valence-corrected chi connectivity index (χ4v) is 4.81. The zero-order valence-corrected chi connectivity index (χ0v) is 22.1. The molecule has 8 nitrogen and oxygen atoms in total. The average Bonchev–Trinajstić information content (AvgIpc) is 3.50. The minimum Gasteiger partial charge on any atom is -0.482 e. The Morgan fingerprint density at radius 2 is 1.79 bits per heavy atom. The molecule has 0 radical (unpaired) electrons. The van der Waals surface area contributed by atoms with Crippen molar-refractivity contribution in [2.45, 2.75) is 32.1 Å². The Balaban J connectivity index is 1.35. The maximum absolute atomic E-state index is 14.0. The summed E-state index contributed by atoms with van der Waals surface area (Å²) in [6.45, 7) is 1.56. The molecule has 0 bridgehead atoms. The zero-order chi connectivity index (χ0) is 29.8. The third kappa shape index (κ3) is 5.11. The van der Waals surface area contributed by atoms with Crippen molar-refractivity contribution in [2.75, 3.05) is 18.6 Å². The number of amides is 1. The molecule has 2 aliphatic rings. The molecule has 0 saturated carbocycles. The van der Waals surface area contributed by atoms with Crippen LogP contribution < -0.4 is 19.1 Å². The standard InChI is InChI=1S/C29H22F5N3O5/c1-16-6-9-20(10-7-16)40-24-15-39-14-21-25(24)37(35-26(21)28(30,31)32)19-5-3-4-17(12-19)27(38)36(2)18-8-11-22-23(13-18)42-29(33,34)41-22/h3-13,24H,14-15H2,1-2H3. The summed E-state index contributed by atoms with van der Waals surface area (Å²) < 4.78 is 90.5. The fraction of sp³-hybridized carbons (Fsp3) is 0.241. The highest BCUT2D eigenvalue weighted by atomic mass is 19.4. The first-order valence-corrected chi connectivity index (χ1v) is 12.7. The number of carbonyl (C=O) groups excluding carboxylic acids is 1. The molecule has 3 heterocycles. The summed E-state index contributed by atoms with van der Waals surface area (Å²) in [4.78, 5) is 14.6. The van der Waals surface area contributed by atoms with Crippen LogP contribution >= 0.6 is 0 Å². The van der Waals surface area contributed by atoms with Gasteiger partial charge < -0.3 is 23.8 Å². The van der Waals surface area contributed by atoms with Crippen LogP contribution in [-0.4, -0.2) is 35.6 Å². The summed E-state index contributed by atoms with van der Waals surface area (Å²) in [5, 5.41) is 3.90. The number of benzene rings is 3. The zero-order valence-electron chi connectivity index (χ0n) is 22.1. The van der Waals surface area contributed by atoms with E-state index >= 15 is 0 Å². The molecule has 13 heteroatoms. The summed E-state index contributed by atoms with van der Waals surface area (Å²) in [6.07, 6.45) is -9.51. The Hall–Kier alpha value is -4.65. The van der Waals surface area contributed by atoms with Crippen molar-refractivity contribution in [2.24, 2.45) is 0 Å². The number of ether oxygens (including phenoxy) is 4. The van der Waals surface area contributed by atoms with Gasteiger partial charge in [0.2, 0.25) is 0 Å². The lowest BCUT2D eigenvalue weighted by atomic mass is 10.1. The fourth-order valence-electron chi connectivity index (χ4n) is 4.81. The summed E-state index contributed by atoms with van der Waals surface area (Å²) in [5.74, 6) is -0.539. The third-order valence-corrected chi connectivity index (χ3v) is 6.83. The Morgan fingerprint density at radius 3 is 2.52 bits per heavy atom. The van der Waals surface area contributed by atoms with Gasteiger partial charge in [0.15, 0.2) is 23.3 Å². The van der Waals surface area contributed by atoms with Crippen molar-refractivity contribution in [3.05, 3.63) is 94.8 Å². The molecule has 0 N–H and O–H groups in total. The van der Waals surface area contributed by atoms with E-state index < -0.39 is 30.2 Å². The van der Waals surface area contributed by atoms with Crippen LogP contribution in [0.5, 0.6) is 17.2 Å². The van der Waals surface area contributed by atoms with Gasteiger partial charge in [-0.25, -0.2) is 4.68 Å². The van der Waals surface area contributed by atoms with E-state index in [0.29, 0.717) is 5.75 Å². The number of alkyl halides is 5. The third-order valence-electron chi connectivity index (χ3n) is 6.83. The smallest absolute Gasteiger partial charge is 0.482 e. The number of hydrogen-bond acceptors (Lipinski definition) is 6. The van der Waals surface area contributed by atoms with Gasteiger partial charge in [-0.2, -0.15) is 18.3 Å². The summed E-state index contributed by atoms with van der Waals surface area (Å²) in [7, 11) is 1.42. The van der Waals surface area contributed by atoms with Gasteiger partial charge in [-0.1, -0.05) is 23.8 Å². The molecule has 42 heavy (non-hydrogen) atoms. The lowest BCUT2D eigenvalue weighted by Crippen LogP contribution is -2.27. The van der Waals surface area contributed by atoms with E-state index in [0.717, 1.165) is 10.2 Å². The second-order valence-corrected chi connectivity index (χ2v) is 9.77. The van der Waals surface area contributed by atoms with Crippen LogP contribution in [0.15, 0.2) is 66.7 Å². The van der Waals surface area contributed by atoms with Gasteiger partial charge in [0.25, 0.3) is 5.91 Å². The molecule has 0 saturated heterocycles. The van der Waals surface area contributed by atoms with Crippen LogP contribution in [0, 0.1) is 6.92 Å². The molecule has 4 aromatic rings. The van der Waals surface area contributed by atoms with Gasteiger partial charge in [0.05, 0.1) is 24.6 Å². The number of halogens is 5. The normalized spacial score (nSPS) is 17.1. The molecular weight excluding hydrogens is 565 g/mol. The summed E-state index contributed by atoms with van der Waals surface area (Å²) in [6, 6.07) is 16.8. The van der Waals surface area contributed by atoms with Gasteiger partial charge in [-0.15, -0.1) is 8.78 Å². The molecule has 218 valence electrons. The van der Waals surface area contributed by atoms with Crippen LogP contribution in [0.4, 0.5) is 27.6 Å². The molecule has 6 rings (SSSR count). The average molecular weight is 588 g/mol. The van der Waals surface area contributed by atoms with Gasteiger partial charge in [-0.05, 0) is 49.4 Å². The molecule has 2 aliphatic heterocycles. The SMILES string of the molecule is Cc1ccc(OC2COCc3c(C(F)(F)F)nn(-c4cccc(C(=O)N(C)c5ccc6c(c5)OC(F)(F)O6)c4)c32)cc1. The van der Waals surface area contributed by atoms with Gasteiger partial charge in [0, 0.05) is 29.9 Å². The van der Waals surface area contributed by atoms with Crippen LogP contribution in [-0.2, 0) is 17.5 Å². The lowest BCUT2D eigenvalue weighted by molar-refractivity contribution is -0.286. The minimum atomic E-state index is -4.77. The van der Waals surface area contributed by atoms with Gasteiger partial charge in [-0.3, -0.25) is 4.79 Å². The van der Waals surface area contributed by atoms with Crippen molar-refractivity contribution in [3.8, 4) is 22.9 Å². The second kappa shape index (κ2) is 10.0. The quantitative estimate of drug-likeness (QED) is 0.250. The molecule has 1 aromatic heterocycles. The summed E-state index contributed by atoms with van der Waals surface area (Å²) >= 11 is 0. The van der Waals surface area contributed by atoms with E-state index in [2.05, 4.69) is 14.6 Å². The Labute approximate surface area is 235 Å². The predicted molar refractivity (Wildman–Crippen MR) is 138 cm³/mol. The van der Waals surface area contributed by atoms with E-state index in [1.54, 1.807) is 12.1 Å². The number of anilines is 1. The number of fused-ring (bicyclic) bond motifs is 2. The molecular formula is C29H22F5N3O5. The topological polar surface area (TPSA) is 75.1 Å². The van der Waals surface area contributed by atoms with Crippen molar-refractivity contribution >= 4 is 11.6 Å². The first-order valence-electron chi connectivity index (χ1n) is 12.7. The molecule has 1 amide bonds. The number of aryl methyl sites for hydroxylation is 1. The van der Waals surface area contributed by atoms with Gasteiger partial charge >= 0.3 is 12.5 Å². The lowest BCUT2D eigenvalue weighted by Gasteiger charge is -2.26. The minimum absolute atomic E-state index is 0.0195. The Morgan fingerprint density at radius 1 is 1.05 bits per heavy atom. The number of rotatable bonds is 5. The molecule has 0 fully saturated rings. The van der Waals surface area contributed by atoms with Crippen LogP contribution in [0.3, 0.4) is 0 Å². The highest BCUT2D eigenvalue weighted by Gasteiger charge is 2.44. The first-order chi connectivity index (χ1) is 19.9. The van der Waals surface area contributed by atoms with E-state index in [1.807, 2.05) is 19.1 Å². The maximum Gasteiger partial charge on any atom is 0.586 e. The number of nitrogens with zero attached hydrogens (tertiary/aromatic N) is 3. The van der Waals surface area contributed by atoms with Gasteiger partial charge in [0.1, 0.15) is 5.75 Å². The highest BCUT2D eigenvalue weighted by Crippen LogP contribution is 2.43. The van der Waals surface area contributed by atoms with Crippen molar-refractivity contribution in [1.82, 2.24) is 9.78 Å². The monoisotopic (exact) mass is 587 g/mol. The van der Waals surface area contributed by atoms with Crippen LogP contribution in [0.1, 0.15) is 39.0 Å². The Kier molecular flexibility index (Phi) is 6.56. The number of carbonyl (C=O) groups is 1. The van der Waals surface area contributed by atoms with Crippen molar-refractivity contribution in [3.63, 3.8) is 0 Å². The molecule has 1 atom stereocenters. The van der Waals surface area contributed by atoms with E-state index in [1.165, 1.54) is 54.4 Å². The first kappa shape index (κ1) is 27.5. The summed E-state index contributed by atoms with van der Waals surface area (Å²) in [5.41, 5.74) is 0.397. The van der Waals surface area contributed by atoms with E-state index in [9.17, 15) is 26.7 Å². The maximum atomic E-state index is 14.0. The molecule has 3 aromatic carbocycles. The number of hydrogen-bond donors (Lipinski definition) is 0. The Bertz CT molecular complexity index is 1670. The number of aromatic nitrogens is 2. The molecule has 0 spiro atoms. The molecule has 1 unspecified atom stereocenters. The van der Waals surface area contributed by atoms with Crippen LogP contribution in [0.2, 0.25) is 0 Å². The van der Waals surface area contributed by atoms with Crippen molar-refractivity contribution in [1.29, 1.82) is 0 Å². The van der Waals surface area contributed by atoms with E-state index in [-0.39, 0.29) is 52.9 Å². The van der Waals surface area contributed by atoms with Crippen molar-refractivity contribution < 1.29 is 45.7 Å². The highest BCUT2D eigenvalue weighted by molar-refractivity contribution is 6.06. The predicted octanol–water partition coefficient (Wildman–Crippen LogP) is 6.45. The van der Waals surface area contributed by atoms with Crippen LogP contribution in [0.25, 0.3) is 5.69 Å².